The second-order valence-corrected chi connectivity index (χ2v) is 7.62. The third-order valence-corrected chi connectivity index (χ3v) is 5.52. The van der Waals surface area contributed by atoms with Crippen molar-refractivity contribution in [3.05, 3.63) is 65.9 Å². The molecule has 0 bridgehead atoms. The van der Waals surface area contributed by atoms with Gasteiger partial charge in [-0.2, -0.15) is 5.26 Å². The van der Waals surface area contributed by atoms with E-state index in [0.29, 0.717) is 16.6 Å². The van der Waals surface area contributed by atoms with Gasteiger partial charge in [-0.25, -0.2) is 4.79 Å². The molecule has 4 nitrogen and oxygen atoms in total. The molecule has 0 aliphatic rings. The van der Waals surface area contributed by atoms with Gasteiger partial charge in [0.25, 0.3) is 0 Å². The van der Waals surface area contributed by atoms with E-state index in [0.717, 1.165) is 20.3 Å². The number of aromatic nitrogens is 1. The number of carbonyl (C=O) groups is 1. The number of rotatable bonds is 4. The van der Waals surface area contributed by atoms with Gasteiger partial charge in [0, 0.05) is 34.7 Å². The van der Waals surface area contributed by atoms with Crippen molar-refractivity contribution in [1.82, 2.24) is 4.98 Å². The predicted octanol–water partition coefficient (Wildman–Crippen LogP) is 5.94. The summed E-state index contributed by atoms with van der Waals surface area (Å²) >= 11 is 1.52. The van der Waals surface area contributed by atoms with E-state index in [1.54, 1.807) is 30.5 Å². The number of carbonyl (C=O) groups excluding carboxylic acids is 1. The van der Waals surface area contributed by atoms with Crippen LogP contribution in [0.25, 0.3) is 31.4 Å². The lowest BCUT2D eigenvalue weighted by Crippen LogP contribution is -2.02. The molecule has 1 N–H and O–H groups in total. The Morgan fingerprint density at radius 2 is 2.07 bits per heavy atom. The first-order chi connectivity index (χ1) is 13.8. The van der Waals surface area contributed by atoms with Crippen molar-refractivity contribution < 1.29 is 17.7 Å². The molecular weight excluding hydrogens is 358 g/mol. The number of nitrogens with zero attached hydrogens (tertiary/aromatic N) is 1. The molecule has 5 heteroatoms. The van der Waals surface area contributed by atoms with E-state index in [1.165, 1.54) is 11.3 Å². The normalized spacial score (nSPS) is 13.0. The van der Waals surface area contributed by atoms with Gasteiger partial charge in [0.2, 0.25) is 0 Å². The molecule has 4 aromatic rings. The molecule has 2 heterocycles. The second kappa shape index (κ2) is 7.10. The van der Waals surface area contributed by atoms with Gasteiger partial charge in [0.15, 0.2) is 0 Å². The van der Waals surface area contributed by atoms with Crippen molar-refractivity contribution in [2.45, 2.75) is 20.2 Å². The summed E-state index contributed by atoms with van der Waals surface area (Å²) in [5, 5.41) is 10.5. The molecule has 0 atom stereocenters. The highest BCUT2D eigenvalue weighted by atomic mass is 32.1. The molecule has 0 saturated heterocycles. The van der Waals surface area contributed by atoms with Crippen LogP contribution in [0.2, 0.25) is 0 Å². The Kier molecular flexibility index (Phi) is 4.03. The third kappa shape index (κ3) is 3.20. The van der Waals surface area contributed by atoms with Crippen LogP contribution in [0.15, 0.2) is 54.7 Å². The summed E-state index contributed by atoms with van der Waals surface area (Å²) in [7, 11) is 0. The maximum Gasteiger partial charge on any atom is 0.373 e. The first-order valence-corrected chi connectivity index (χ1v) is 9.43. The fourth-order valence-corrected chi connectivity index (χ4v) is 4.50. The van der Waals surface area contributed by atoms with E-state index >= 15 is 0 Å². The smallest absolute Gasteiger partial charge is 0.295 e. The summed E-state index contributed by atoms with van der Waals surface area (Å²) in [4.78, 5) is 20.6. The van der Waals surface area contributed by atoms with Gasteiger partial charge in [-0.3, -0.25) is 9.87 Å². The zero-order chi connectivity index (χ0) is 20.8. The summed E-state index contributed by atoms with van der Waals surface area (Å²) in [6, 6.07) is 14.6. The minimum absolute atomic E-state index is 0.191. The van der Waals surface area contributed by atoms with Gasteiger partial charge in [-0.05, 0) is 42.1 Å². The fourth-order valence-electron chi connectivity index (χ4n) is 3.25. The molecular formula is C22H19NO3S. The van der Waals surface area contributed by atoms with Crippen LogP contribution < -0.4 is 0 Å². The topological polar surface area (TPSA) is 59.4 Å². The zero-order valence-electron chi connectivity index (χ0n) is 16.9. The van der Waals surface area contributed by atoms with Crippen LogP contribution in [0.4, 0.5) is 0 Å². The number of hydrogen-bond donors (Lipinski definition) is 1. The molecule has 0 aliphatic carbocycles. The minimum Gasteiger partial charge on any atom is -0.295 e. The van der Waals surface area contributed by atoms with E-state index < -0.39 is 12.3 Å². The molecule has 0 unspecified atom stereocenters. The van der Waals surface area contributed by atoms with Crippen molar-refractivity contribution >= 4 is 37.5 Å². The van der Waals surface area contributed by atoms with Crippen LogP contribution in [-0.2, 0) is 11.3 Å². The minimum atomic E-state index is -1.49. The second-order valence-electron chi connectivity index (χ2n) is 6.57. The molecule has 0 spiro atoms. The SMILES string of the molecule is [2H]C([2H])(c1ccnc(-c2ccc(C(=O)OO)c3c2sc2ccccc23)c1)C(C)C. The summed E-state index contributed by atoms with van der Waals surface area (Å²) in [6.07, 6.45) is 0.123. The molecule has 136 valence electrons. The quantitative estimate of drug-likeness (QED) is 0.352. The van der Waals surface area contributed by atoms with Crippen molar-refractivity contribution in [2.75, 3.05) is 0 Å². The van der Waals surface area contributed by atoms with Gasteiger partial charge in [-0.15, -0.1) is 11.3 Å². The summed E-state index contributed by atoms with van der Waals surface area (Å²) in [5.41, 5.74) is 2.27. The van der Waals surface area contributed by atoms with Crippen LogP contribution in [0.1, 0.15) is 32.5 Å². The number of pyridine rings is 1. The van der Waals surface area contributed by atoms with E-state index in [2.05, 4.69) is 9.87 Å². The van der Waals surface area contributed by atoms with Crippen molar-refractivity contribution in [3.8, 4) is 11.3 Å². The molecule has 4 rings (SSSR count). The monoisotopic (exact) mass is 379 g/mol. The van der Waals surface area contributed by atoms with Gasteiger partial charge < -0.3 is 0 Å². The molecule has 0 amide bonds. The summed E-state index contributed by atoms with van der Waals surface area (Å²) in [6.45, 7) is 3.69. The van der Waals surface area contributed by atoms with Crippen molar-refractivity contribution in [1.29, 1.82) is 0 Å². The number of hydrogen-bond acceptors (Lipinski definition) is 5. The fraction of sp³-hybridized carbons (Fsp3) is 0.182. The molecule has 2 aromatic carbocycles. The largest absolute Gasteiger partial charge is 0.373 e. The summed E-state index contributed by atoms with van der Waals surface area (Å²) in [5.74, 6) is -1.01. The third-order valence-electron chi connectivity index (χ3n) is 4.32. The standard InChI is InChI=1S/C22H19NO3S/c1-13(2)11-14-9-10-23-18(12-14)15-7-8-17(22(24)26-25)20-16-5-3-4-6-19(16)27-21(15)20/h3-10,12-13,25H,11H2,1-2H3/i11D2. The molecule has 0 radical (unpaired) electrons. The Labute approximate surface area is 163 Å². The van der Waals surface area contributed by atoms with Crippen LogP contribution in [0.3, 0.4) is 0 Å². The lowest BCUT2D eigenvalue weighted by molar-refractivity contribution is -0.182. The zero-order valence-corrected chi connectivity index (χ0v) is 15.7. The average molecular weight is 379 g/mol. The molecule has 2 aromatic heterocycles. The lowest BCUT2D eigenvalue weighted by Gasteiger charge is -2.09. The van der Waals surface area contributed by atoms with Crippen molar-refractivity contribution in [2.24, 2.45) is 5.92 Å². The maximum absolute atomic E-state index is 12.1. The average Bonchev–Trinajstić information content (AvgIpc) is 3.12. The Balaban J connectivity index is 2.00. The van der Waals surface area contributed by atoms with Crippen LogP contribution in [-0.4, -0.2) is 16.2 Å². The van der Waals surface area contributed by atoms with Gasteiger partial charge in [0.1, 0.15) is 0 Å². The number of thiophene rings is 1. The van der Waals surface area contributed by atoms with Gasteiger partial charge in [0.05, 0.1) is 11.3 Å². The molecule has 27 heavy (non-hydrogen) atoms. The van der Waals surface area contributed by atoms with E-state index in [4.69, 9.17) is 8.00 Å². The van der Waals surface area contributed by atoms with Crippen LogP contribution in [0, 0.1) is 5.92 Å². The highest BCUT2D eigenvalue weighted by molar-refractivity contribution is 7.26. The number of fused-ring (bicyclic) bond motifs is 3. The Morgan fingerprint density at radius 1 is 1.26 bits per heavy atom. The van der Waals surface area contributed by atoms with Crippen molar-refractivity contribution in [3.63, 3.8) is 0 Å². The van der Waals surface area contributed by atoms with Crippen LogP contribution >= 0.6 is 11.3 Å². The Morgan fingerprint density at radius 3 is 2.85 bits per heavy atom. The molecule has 0 aliphatic heterocycles. The first kappa shape index (κ1) is 15.3. The highest BCUT2D eigenvalue weighted by Gasteiger charge is 2.20. The first-order valence-electron chi connectivity index (χ1n) is 9.61. The predicted molar refractivity (Wildman–Crippen MR) is 109 cm³/mol. The lowest BCUT2D eigenvalue weighted by atomic mass is 9.99. The number of benzene rings is 2. The summed E-state index contributed by atoms with van der Waals surface area (Å²) < 4.78 is 18.6. The maximum atomic E-state index is 12.1. The Bertz CT molecular complexity index is 1230. The van der Waals surface area contributed by atoms with E-state index in [-0.39, 0.29) is 11.5 Å². The highest BCUT2D eigenvalue weighted by Crippen LogP contribution is 2.41. The Hall–Kier alpha value is -2.76. The van der Waals surface area contributed by atoms with Crippen LogP contribution in [0.5, 0.6) is 0 Å². The van der Waals surface area contributed by atoms with E-state index in [9.17, 15) is 4.79 Å². The molecule has 0 fully saturated rings. The van der Waals surface area contributed by atoms with Gasteiger partial charge in [-0.1, -0.05) is 38.1 Å². The van der Waals surface area contributed by atoms with E-state index in [1.807, 2.05) is 38.1 Å². The van der Waals surface area contributed by atoms with Gasteiger partial charge >= 0.3 is 5.97 Å². The molecule has 0 saturated carbocycles.